The maximum Gasteiger partial charge on any atom is 0.186 e. The predicted octanol–water partition coefficient (Wildman–Crippen LogP) is 3.88. The molecule has 2 aromatic heterocycles. The number of ether oxygens (including phenoxy) is 1. The number of nitrogens with one attached hydrogen (secondary N) is 2. The van der Waals surface area contributed by atoms with Gasteiger partial charge in [0.05, 0.1) is 24.8 Å². The maximum atomic E-state index is 15.1. The molecule has 0 aromatic carbocycles. The van der Waals surface area contributed by atoms with Crippen LogP contribution in [-0.4, -0.2) is 36.1 Å². The number of hydrogen-bond acceptors (Lipinski definition) is 6. The van der Waals surface area contributed by atoms with E-state index in [0.29, 0.717) is 43.2 Å². The molecule has 3 heterocycles. The summed E-state index contributed by atoms with van der Waals surface area (Å²) in [5.74, 6) is 0.251. The Morgan fingerprint density at radius 3 is 2.87 bits per heavy atom. The normalized spacial score (nSPS) is 18.9. The Kier molecular flexibility index (Phi) is 6.64. The van der Waals surface area contributed by atoms with Gasteiger partial charge in [0.15, 0.2) is 5.88 Å². The van der Waals surface area contributed by atoms with Crippen molar-refractivity contribution >= 4 is 5.57 Å². The van der Waals surface area contributed by atoms with E-state index >= 15 is 4.39 Å². The van der Waals surface area contributed by atoms with Crippen LogP contribution in [0.4, 0.5) is 4.39 Å². The summed E-state index contributed by atoms with van der Waals surface area (Å²) < 4.78 is 25.9. The number of likely N-dealkylation sites (N-methyl/N-ethyl adjacent to an activating group) is 1. The number of pyridine rings is 1. The molecule has 1 unspecified atom stereocenters. The van der Waals surface area contributed by atoms with Crippen molar-refractivity contribution in [1.82, 2.24) is 20.5 Å². The standard InChI is InChI=1S/C24H27FN4O2/c1-17-29(15-21(31-17)14-26-2)20-4-3-5-22(23(25)10-20)24-7-6-18(13-28-24)11-27-12-19-8-9-30-16-19/h3-4,6-10,13,16,21,26-27H,1,5,11-12,14-15H2,2H3. The quantitative estimate of drug-likeness (QED) is 0.673. The Morgan fingerprint density at radius 1 is 1.26 bits per heavy atom. The van der Waals surface area contributed by atoms with Crippen LogP contribution in [-0.2, 0) is 17.8 Å². The molecule has 0 amide bonds. The first-order valence-corrected chi connectivity index (χ1v) is 10.4. The van der Waals surface area contributed by atoms with Crippen LogP contribution in [0.25, 0.3) is 5.57 Å². The number of allylic oxidation sites excluding steroid dienone is 5. The molecule has 1 aliphatic heterocycles. The van der Waals surface area contributed by atoms with Crippen molar-refractivity contribution in [2.24, 2.45) is 0 Å². The van der Waals surface area contributed by atoms with Gasteiger partial charge in [0, 0.05) is 42.7 Å². The molecule has 0 spiro atoms. The number of nitrogens with zero attached hydrogens (tertiary/aromatic N) is 2. The van der Waals surface area contributed by atoms with Crippen molar-refractivity contribution in [3.05, 3.63) is 96.0 Å². The summed E-state index contributed by atoms with van der Waals surface area (Å²) in [6.45, 7) is 6.71. The van der Waals surface area contributed by atoms with Gasteiger partial charge in [0.1, 0.15) is 11.9 Å². The van der Waals surface area contributed by atoms with E-state index in [1.807, 2.05) is 42.3 Å². The van der Waals surface area contributed by atoms with Crippen LogP contribution >= 0.6 is 0 Å². The van der Waals surface area contributed by atoms with E-state index in [1.165, 1.54) is 6.08 Å². The molecule has 4 rings (SSSR count). The van der Waals surface area contributed by atoms with Crippen molar-refractivity contribution in [3.63, 3.8) is 0 Å². The van der Waals surface area contributed by atoms with Gasteiger partial charge >= 0.3 is 0 Å². The highest BCUT2D eigenvalue weighted by molar-refractivity contribution is 5.69. The molecule has 0 bridgehead atoms. The first-order chi connectivity index (χ1) is 15.1. The molecule has 162 valence electrons. The van der Waals surface area contributed by atoms with Gasteiger partial charge < -0.3 is 24.7 Å². The van der Waals surface area contributed by atoms with Gasteiger partial charge in [0.2, 0.25) is 0 Å². The van der Waals surface area contributed by atoms with E-state index in [1.54, 1.807) is 18.7 Å². The highest BCUT2D eigenvalue weighted by atomic mass is 19.1. The molecule has 1 atom stereocenters. The Morgan fingerprint density at radius 2 is 2.13 bits per heavy atom. The van der Waals surface area contributed by atoms with Crippen molar-refractivity contribution in [1.29, 1.82) is 0 Å². The van der Waals surface area contributed by atoms with Gasteiger partial charge in [-0.3, -0.25) is 4.98 Å². The van der Waals surface area contributed by atoms with Crippen LogP contribution < -0.4 is 10.6 Å². The molecule has 6 nitrogen and oxygen atoms in total. The lowest BCUT2D eigenvalue weighted by Gasteiger charge is -2.17. The maximum absolute atomic E-state index is 15.1. The van der Waals surface area contributed by atoms with Crippen LogP contribution in [0.1, 0.15) is 23.2 Å². The summed E-state index contributed by atoms with van der Waals surface area (Å²) in [4.78, 5) is 6.41. The van der Waals surface area contributed by atoms with Crippen LogP contribution in [0.15, 0.2) is 83.6 Å². The van der Waals surface area contributed by atoms with Gasteiger partial charge in [-0.25, -0.2) is 4.39 Å². The van der Waals surface area contributed by atoms with E-state index in [4.69, 9.17) is 9.15 Å². The molecule has 0 saturated carbocycles. The van der Waals surface area contributed by atoms with Crippen LogP contribution in [0, 0.1) is 0 Å². The third-order valence-corrected chi connectivity index (χ3v) is 5.28. The number of hydrogen-bond donors (Lipinski definition) is 2. The van der Waals surface area contributed by atoms with E-state index in [0.717, 1.165) is 23.4 Å². The second-order valence-corrected chi connectivity index (χ2v) is 7.59. The molecule has 2 aliphatic rings. The molecule has 1 fully saturated rings. The van der Waals surface area contributed by atoms with E-state index in [-0.39, 0.29) is 11.9 Å². The monoisotopic (exact) mass is 422 g/mol. The Bertz CT molecular complexity index is 993. The van der Waals surface area contributed by atoms with Gasteiger partial charge in [-0.05, 0) is 49.9 Å². The lowest BCUT2D eigenvalue weighted by Crippen LogP contribution is -2.28. The molecular formula is C24H27FN4O2. The van der Waals surface area contributed by atoms with E-state index < -0.39 is 0 Å². The Labute approximate surface area is 181 Å². The number of furan rings is 1. The Hall–Kier alpha value is -3.16. The summed E-state index contributed by atoms with van der Waals surface area (Å²) in [6, 6.07) is 5.77. The molecule has 7 heteroatoms. The van der Waals surface area contributed by atoms with Crippen molar-refractivity contribution in [2.75, 3.05) is 20.1 Å². The molecule has 1 saturated heterocycles. The molecule has 2 N–H and O–H groups in total. The van der Waals surface area contributed by atoms with E-state index in [9.17, 15) is 0 Å². The topological polar surface area (TPSA) is 62.6 Å². The minimum atomic E-state index is -0.289. The van der Waals surface area contributed by atoms with Crippen molar-refractivity contribution in [3.8, 4) is 0 Å². The summed E-state index contributed by atoms with van der Waals surface area (Å²) in [6.07, 6.45) is 11.0. The molecule has 2 aromatic rings. The predicted molar refractivity (Wildman–Crippen MR) is 118 cm³/mol. The average Bonchev–Trinajstić information content (AvgIpc) is 3.36. The lowest BCUT2D eigenvalue weighted by molar-refractivity contribution is 0.164. The summed E-state index contributed by atoms with van der Waals surface area (Å²) in [5, 5.41) is 6.44. The fourth-order valence-corrected chi connectivity index (χ4v) is 3.69. The largest absolute Gasteiger partial charge is 0.473 e. The minimum Gasteiger partial charge on any atom is -0.473 e. The molecular weight excluding hydrogens is 395 g/mol. The summed E-state index contributed by atoms with van der Waals surface area (Å²) >= 11 is 0. The van der Waals surface area contributed by atoms with Gasteiger partial charge in [-0.15, -0.1) is 0 Å². The Balaban J connectivity index is 1.43. The third-order valence-electron chi connectivity index (χ3n) is 5.28. The summed E-state index contributed by atoms with van der Waals surface area (Å²) in [7, 11) is 1.88. The minimum absolute atomic E-state index is 0.00195. The highest BCUT2D eigenvalue weighted by Gasteiger charge is 2.28. The average molecular weight is 423 g/mol. The fourth-order valence-electron chi connectivity index (χ4n) is 3.69. The highest BCUT2D eigenvalue weighted by Crippen LogP contribution is 2.31. The first-order valence-electron chi connectivity index (χ1n) is 10.4. The van der Waals surface area contributed by atoms with Gasteiger partial charge in [-0.2, -0.15) is 0 Å². The second-order valence-electron chi connectivity index (χ2n) is 7.59. The molecule has 31 heavy (non-hydrogen) atoms. The number of aromatic nitrogens is 1. The second kappa shape index (κ2) is 9.76. The third kappa shape index (κ3) is 5.13. The van der Waals surface area contributed by atoms with Crippen LogP contribution in [0.2, 0.25) is 0 Å². The van der Waals surface area contributed by atoms with Gasteiger partial charge in [0.25, 0.3) is 0 Å². The zero-order valence-electron chi connectivity index (χ0n) is 17.6. The molecule has 1 aliphatic carbocycles. The van der Waals surface area contributed by atoms with Crippen LogP contribution in [0.5, 0.6) is 0 Å². The first kappa shape index (κ1) is 21.1. The number of rotatable bonds is 8. The van der Waals surface area contributed by atoms with Gasteiger partial charge in [-0.1, -0.05) is 12.1 Å². The number of halogens is 1. The molecule has 0 radical (unpaired) electrons. The SMILES string of the molecule is C=C1OC(CNC)CN1C1=CC(F)=C(c2ccc(CNCc3ccoc3)cn2)CC=C1. The van der Waals surface area contributed by atoms with Crippen molar-refractivity contribution < 1.29 is 13.5 Å². The van der Waals surface area contributed by atoms with Crippen molar-refractivity contribution in [2.45, 2.75) is 25.6 Å². The fraction of sp³-hybridized carbons (Fsp3) is 0.292. The zero-order valence-corrected chi connectivity index (χ0v) is 17.6. The lowest BCUT2D eigenvalue weighted by atomic mass is 10.1. The van der Waals surface area contributed by atoms with Crippen LogP contribution in [0.3, 0.4) is 0 Å². The van der Waals surface area contributed by atoms with E-state index in [2.05, 4.69) is 22.2 Å². The smallest absolute Gasteiger partial charge is 0.186 e. The summed E-state index contributed by atoms with van der Waals surface area (Å²) in [5.41, 5.74) is 4.07. The zero-order chi connectivity index (χ0) is 21.6.